The van der Waals surface area contributed by atoms with E-state index in [1.807, 2.05) is 12.1 Å². The van der Waals surface area contributed by atoms with E-state index >= 15 is 0 Å². The first-order valence-corrected chi connectivity index (χ1v) is 9.11. The Bertz CT molecular complexity index is 516. The third kappa shape index (κ3) is 4.75. The van der Waals surface area contributed by atoms with E-state index in [-0.39, 0.29) is 0 Å². The molecule has 3 rings (SSSR count). The second-order valence-corrected chi connectivity index (χ2v) is 7.06. The van der Waals surface area contributed by atoms with E-state index < -0.39 is 0 Å². The number of halogens is 1. The number of piperidine rings is 1. The Kier molecular flexibility index (Phi) is 6.03. The standard InChI is InChI=1S/C18H27ClN2O2/c1-14-3-7-21(8-4-14)6-2-5-20-13-15-11-16(19)18-17(12-15)22-9-10-23-18/h11-12,14,20H,2-10,13H2,1H3. The van der Waals surface area contributed by atoms with Crippen LogP contribution in [0.3, 0.4) is 0 Å². The van der Waals surface area contributed by atoms with Crippen molar-refractivity contribution in [2.24, 2.45) is 5.92 Å². The third-order valence-corrected chi connectivity index (χ3v) is 4.97. The van der Waals surface area contributed by atoms with Gasteiger partial charge in [0.05, 0.1) is 5.02 Å². The lowest BCUT2D eigenvalue weighted by Crippen LogP contribution is -2.34. The van der Waals surface area contributed by atoms with Gasteiger partial charge in [0, 0.05) is 6.54 Å². The number of benzene rings is 1. The Morgan fingerprint density at radius 2 is 2.00 bits per heavy atom. The SMILES string of the molecule is CC1CCN(CCCNCc2cc(Cl)c3c(c2)OCCO3)CC1. The zero-order chi connectivity index (χ0) is 16.1. The number of nitrogens with zero attached hydrogens (tertiary/aromatic N) is 1. The van der Waals surface area contributed by atoms with E-state index in [2.05, 4.69) is 17.1 Å². The molecule has 1 fully saturated rings. The van der Waals surface area contributed by atoms with Gasteiger partial charge in [-0.3, -0.25) is 0 Å². The van der Waals surface area contributed by atoms with E-state index in [4.69, 9.17) is 21.1 Å². The van der Waals surface area contributed by atoms with Gasteiger partial charge in [-0.1, -0.05) is 18.5 Å². The molecule has 2 heterocycles. The van der Waals surface area contributed by atoms with Gasteiger partial charge >= 0.3 is 0 Å². The number of likely N-dealkylation sites (tertiary alicyclic amines) is 1. The molecule has 0 spiro atoms. The molecule has 5 heteroatoms. The summed E-state index contributed by atoms with van der Waals surface area (Å²) in [5.74, 6) is 2.35. The highest BCUT2D eigenvalue weighted by Crippen LogP contribution is 2.38. The fraction of sp³-hybridized carbons (Fsp3) is 0.667. The van der Waals surface area contributed by atoms with Crippen molar-refractivity contribution in [1.82, 2.24) is 10.2 Å². The van der Waals surface area contributed by atoms with Crippen molar-refractivity contribution in [3.63, 3.8) is 0 Å². The Morgan fingerprint density at radius 3 is 2.83 bits per heavy atom. The molecule has 1 aromatic carbocycles. The van der Waals surface area contributed by atoms with E-state index in [1.54, 1.807) is 0 Å². The summed E-state index contributed by atoms with van der Waals surface area (Å²) in [6.45, 7) is 9.08. The lowest BCUT2D eigenvalue weighted by Gasteiger charge is -2.30. The molecule has 0 atom stereocenters. The van der Waals surface area contributed by atoms with Crippen LogP contribution < -0.4 is 14.8 Å². The fourth-order valence-electron chi connectivity index (χ4n) is 3.21. The second-order valence-electron chi connectivity index (χ2n) is 6.66. The molecule has 1 saturated heterocycles. The van der Waals surface area contributed by atoms with E-state index in [1.165, 1.54) is 38.9 Å². The van der Waals surface area contributed by atoms with Crippen LogP contribution in [-0.4, -0.2) is 44.3 Å². The van der Waals surface area contributed by atoms with Gasteiger partial charge in [0.1, 0.15) is 13.2 Å². The minimum atomic E-state index is 0.569. The Balaban J connectivity index is 1.38. The van der Waals surface area contributed by atoms with Gasteiger partial charge in [0.15, 0.2) is 11.5 Å². The molecule has 23 heavy (non-hydrogen) atoms. The third-order valence-electron chi connectivity index (χ3n) is 4.69. The molecule has 1 aromatic rings. The Hall–Kier alpha value is -0.970. The molecule has 0 radical (unpaired) electrons. The van der Waals surface area contributed by atoms with Crippen LogP contribution in [0, 0.1) is 5.92 Å². The van der Waals surface area contributed by atoms with Crippen molar-refractivity contribution in [2.45, 2.75) is 32.7 Å². The first kappa shape index (κ1) is 16.9. The summed E-state index contributed by atoms with van der Waals surface area (Å²) in [4.78, 5) is 2.59. The second kappa shape index (κ2) is 8.22. The van der Waals surface area contributed by atoms with E-state index in [0.717, 1.165) is 30.3 Å². The number of hydrogen-bond acceptors (Lipinski definition) is 4. The molecule has 0 unspecified atom stereocenters. The molecule has 0 bridgehead atoms. The van der Waals surface area contributed by atoms with Crippen LogP contribution in [0.15, 0.2) is 12.1 Å². The molecule has 0 aliphatic carbocycles. The summed E-state index contributed by atoms with van der Waals surface area (Å²) in [6.07, 6.45) is 3.89. The first-order chi connectivity index (χ1) is 11.2. The summed E-state index contributed by atoms with van der Waals surface area (Å²) in [6, 6.07) is 3.99. The molecule has 0 saturated carbocycles. The van der Waals surface area contributed by atoms with Gasteiger partial charge in [-0.05, 0) is 69.1 Å². The van der Waals surface area contributed by atoms with Gasteiger partial charge in [-0.2, -0.15) is 0 Å². The molecule has 128 valence electrons. The molecule has 1 N–H and O–H groups in total. The molecule has 0 amide bonds. The molecule has 2 aliphatic rings. The predicted molar refractivity (Wildman–Crippen MR) is 93.6 cm³/mol. The number of nitrogens with one attached hydrogen (secondary N) is 1. The number of rotatable bonds is 6. The van der Waals surface area contributed by atoms with Crippen LogP contribution in [0.5, 0.6) is 11.5 Å². The average Bonchev–Trinajstić information content (AvgIpc) is 2.56. The predicted octanol–water partition coefficient (Wildman–Crippen LogP) is 3.32. The highest BCUT2D eigenvalue weighted by molar-refractivity contribution is 6.32. The summed E-state index contributed by atoms with van der Waals surface area (Å²) < 4.78 is 11.2. The van der Waals surface area contributed by atoms with Crippen molar-refractivity contribution in [2.75, 3.05) is 39.4 Å². The van der Waals surface area contributed by atoms with Crippen LogP contribution in [0.2, 0.25) is 5.02 Å². The van der Waals surface area contributed by atoms with Crippen LogP contribution >= 0.6 is 11.6 Å². The molecule has 2 aliphatic heterocycles. The number of ether oxygens (including phenoxy) is 2. The maximum atomic E-state index is 6.26. The molecule has 0 aromatic heterocycles. The van der Waals surface area contributed by atoms with Gasteiger partial charge in [-0.15, -0.1) is 0 Å². The van der Waals surface area contributed by atoms with Gasteiger partial charge in [0.2, 0.25) is 0 Å². The summed E-state index contributed by atoms with van der Waals surface area (Å²) in [5, 5.41) is 4.14. The van der Waals surface area contributed by atoms with E-state index in [9.17, 15) is 0 Å². The summed E-state index contributed by atoms with van der Waals surface area (Å²) >= 11 is 6.26. The van der Waals surface area contributed by atoms with Gasteiger partial charge < -0.3 is 19.7 Å². The van der Waals surface area contributed by atoms with E-state index in [0.29, 0.717) is 24.0 Å². The monoisotopic (exact) mass is 338 g/mol. The van der Waals surface area contributed by atoms with Crippen LogP contribution in [0.1, 0.15) is 31.7 Å². The molecular weight excluding hydrogens is 312 g/mol. The Morgan fingerprint density at radius 1 is 1.22 bits per heavy atom. The molecular formula is C18H27ClN2O2. The quantitative estimate of drug-likeness (QED) is 0.807. The average molecular weight is 339 g/mol. The molecule has 4 nitrogen and oxygen atoms in total. The normalized spacial score (nSPS) is 19.0. The minimum Gasteiger partial charge on any atom is -0.486 e. The zero-order valence-electron chi connectivity index (χ0n) is 13.9. The van der Waals surface area contributed by atoms with Gasteiger partial charge in [0.25, 0.3) is 0 Å². The maximum Gasteiger partial charge on any atom is 0.179 e. The fourth-order valence-corrected chi connectivity index (χ4v) is 3.50. The largest absolute Gasteiger partial charge is 0.486 e. The highest BCUT2D eigenvalue weighted by Gasteiger charge is 2.17. The number of fused-ring (bicyclic) bond motifs is 1. The van der Waals surface area contributed by atoms with Crippen molar-refractivity contribution in [3.05, 3.63) is 22.7 Å². The summed E-state index contributed by atoms with van der Waals surface area (Å²) in [5.41, 5.74) is 1.14. The lowest BCUT2D eigenvalue weighted by molar-refractivity contribution is 0.171. The highest BCUT2D eigenvalue weighted by atomic mass is 35.5. The van der Waals surface area contributed by atoms with Gasteiger partial charge in [-0.25, -0.2) is 0 Å². The zero-order valence-corrected chi connectivity index (χ0v) is 14.7. The van der Waals surface area contributed by atoms with Crippen molar-refractivity contribution >= 4 is 11.6 Å². The minimum absolute atomic E-state index is 0.569. The van der Waals surface area contributed by atoms with Crippen LogP contribution in [0.25, 0.3) is 0 Å². The van der Waals surface area contributed by atoms with Crippen molar-refractivity contribution < 1.29 is 9.47 Å². The van der Waals surface area contributed by atoms with Crippen LogP contribution in [-0.2, 0) is 6.54 Å². The first-order valence-electron chi connectivity index (χ1n) is 8.73. The Labute approximate surface area is 144 Å². The van der Waals surface area contributed by atoms with Crippen LogP contribution in [0.4, 0.5) is 0 Å². The topological polar surface area (TPSA) is 33.7 Å². The van der Waals surface area contributed by atoms with Crippen molar-refractivity contribution in [1.29, 1.82) is 0 Å². The lowest BCUT2D eigenvalue weighted by atomic mass is 9.99. The smallest absolute Gasteiger partial charge is 0.179 e. The van der Waals surface area contributed by atoms with Crippen molar-refractivity contribution in [3.8, 4) is 11.5 Å². The summed E-state index contributed by atoms with van der Waals surface area (Å²) in [7, 11) is 0. The number of hydrogen-bond donors (Lipinski definition) is 1. The maximum absolute atomic E-state index is 6.26.